The SMILES string of the molecule is CCCC(NCC(=O)N(C)C)C1CC1. The Labute approximate surface area is 86.9 Å². The van der Waals surface area contributed by atoms with Crippen LogP contribution in [0.1, 0.15) is 32.6 Å². The maximum Gasteiger partial charge on any atom is 0.236 e. The van der Waals surface area contributed by atoms with Crippen molar-refractivity contribution in [1.82, 2.24) is 10.2 Å². The number of nitrogens with one attached hydrogen (secondary N) is 1. The van der Waals surface area contributed by atoms with Crippen LogP contribution in [0.2, 0.25) is 0 Å². The minimum absolute atomic E-state index is 0.173. The fraction of sp³-hybridized carbons (Fsp3) is 0.909. The van der Waals surface area contributed by atoms with E-state index in [4.69, 9.17) is 0 Å². The van der Waals surface area contributed by atoms with Gasteiger partial charge in [0.15, 0.2) is 0 Å². The summed E-state index contributed by atoms with van der Waals surface area (Å²) < 4.78 is 0. The van der Waals surface area contributed by atoms with Gasteiger partial charge in [-0.3, -0.25) is 4.79 Å². The molecule has 0 aromatic carbocycles. The molecule has 1 aliphatic rings. The average Bonchev–Trinajstić information content (AvgIpc) is 2.94. The van der Waals surface area contributed by atoms with Crippen molar-refractivity contribution < 1.29 is 4.79 Å². The first-order valence-electron chi connectivity index (χ1n) is 5.58. The molecule has 1 amide bonds. The Balaban J connectivity index is 2.22. The van der Waals surface area contributed by atoms with Gasteiger partial charge in [-0.05, 0) is 25.2 Å². The Hall–Kier alpha value is -0.570. The lowest BCUT2D eigenvalue weighted by Gasteiger charge is -2.18. The molecule has 3 nitrogen and oxygen atoms in total. The van der Waals surface area contributed by atoms with Gasteiger partial charge in [0.05, 0.1) is 6.54 Å². The number of rotatable bonds is 6. The number of carbonyl (C=O) groups is 1. The average molecular weight is 198 g/mol. The molecule has 1 atom stereocenters. The molecule has 0 radical (unpaired) electrons. The Bertz CT molecular complexity index is 188. The lowest BCUT2D eigenvalue weighted by molar-refractivity contribution is -0.127. The molecule has 0 saturated heterocycles. The summed E-state index contributed by atoms with van der Waals surface area (Å²) in [5.74, 6) is 1.01. The van der Waals surface area contributed by atoms with E-state index in [2.05, 4.69) is 12.2 Å². The number of likely N-dealkylation sites (N-methyl/N-ethyl adjacent to an activating group) is 1. The molecule has 14 heavy (non-hydrogen) atoms. The number of amides is 1. The Morgan fingerprint density at radius 2 is 2.14 bits per heavy atom. The van der Waals surface area contributed by atoms with Crippen LogP contribution in [0.5, 0.6) is 0 Å². The van der Waals surface area contributed by atoms with Crippen molar-refractivity contribution in [3.8, 4) is 0 Å². The van der Waals surface area contributed by atoms with Gasteiger partial charge in [0, 0.05) is 20.1 Å². The zero-order valence-corrected chi connectivity index (χ0v) is 9.55. The van der Waals surface area contributed by atoms with Gasteiger partial charge in [-0.1, -0.05) is 13.3 Å². The topological polar surface area (TPSA) is 32.3 Å². The number of hydrogen-bond donors (Lipinski definition) is 1. The van der Waals surface area contributed by atoms with Crippen molar-refractivity contribution in [2.75, 3.05) is 20.6 Å². The predicted octanol–water partition coefficient (Wildman–Crippen LogP) is 1.24. The van der Waals surface area contributed by atoms with Crippen LogP contribution < -0.4 is 5.32 Å². The van der Waals surface area contributed by atoms with Gasteiger partial charge in [-0.25, -0.2) is 0 Å². The highest BCUT2D eigenvalue weighted by Crippen LogP contribution is 2.34. The Morgan fingerprint density at radius 3 is 2.57 bits per heavy atom. The molecule has 1 fully saturated rings. The molecular weight excluding hydrogens is 176 g/mol. The highest BCUT2D eigenvalue weighted by molar-refractivity contribution is 5.77. The molecule has 1 saturated carbocycles. The third-order valence-corrected chi connectivity index (χ3v) is 2.81. The van der Waals surface area contributed by atoms with Crippen molar-refractivity contribution in [3.63, 3.8) is 0 Å². The third-order valence-electron chi connectivity index (χ3n) is 2.81. The summed E-state index contributed by atoms with van der Waals surface area (Å²) in [6.45, 7) is 2.69. The minimum atomic E-state index is 0.173. The van der Waals surface area contributed by atoms with E-state index < -0.39 is 0 Å². The first-order chi connectivity index (χ1) is 6.65. The van der Waals surface area contributed by atoms with E-state index >= 15 is 0 Å². The van der Waals surface area contributed by atoms with Crippen molar-refractivity contribution in [1.29, 1.82) is 0 Å². The van der Waals surface area contributed by atoms with Crippen LogP contribution >= 0.6 is 0 Å². The largest absolute Gasteiger partial charge is 0.348 e. The van der Waals surface area contributed by atoms with Gasteiger partial charge < -0.3 is 10.2 Å². The molecule has 0 heterocycles. The van der Waals surface area contributed by atoms with Crippen LogP contribution in [0.25, 0.3) is 0 Å². The monoisotopic (exact) mass is 198 g/mol. The summed E-state index contributed by atoms with van der Waals surface area (Å²) in [6.07, 6.45) is 5.08. The molecule has 82 valence electrons. The zero-order valence-electron chi connectivity index (χ0n) is 9.55. The van der Waals surface area contributed by atoms with Crippen LogP contribution in [0.4, 0.5) is 0 Å². The van der Waals surface area contributed by atoms with Crippen LogP contribution in [0.15, 0.2) is 0 Å². The predicted molar refractivity (Wildman–Crippen MR) is 58.1 cm³/mol. The second-order valence-corrected chi connectivity index (χ2v) is 4.40. The third kappa shape index (κ3) is 3.66. The smallest absolute Gasteiger partial charge is 0.236 e. The summed E-state index contributed by atoms with van der Waals surface area (Å²) in [6, 6.07) is 0.573. The molecule has 1 unspecified atom stereocenters. The highest BCUT2D eigenvalue weighted by Gasteiger charge is 2.30. The van der Waals surface area contributed by atoms with E-state index in [-0.39, 0.29) is 5.91 Å². The lowest BCUT2D eigenvalue weighted by atomic mass is 10.1. The van der Waals surface area contributed by atoms with E-state index in [1.807, 2.05) is 0 Å². The summed E-state index contributed by atoms with van der Waals surface area (Å²) in [5.41, 5.74) is 0. The van der Waals surface area contributed by atoms with Gasteiger partial charge in [0.25, 0.3) is 0 Å². The molecule has 0 bridgehead atoms. The van der Waals surface area contributed by atoms with E-state index in [0.29, 0.717) is 12.6 Å². The van der Waals surface area contributed by atoms with Gasteiger partial charge in [-0.15, -0.1) is 0 Å². The number of nitrogens with zero attached hydrogens (tertiary/aromatic N) is 1. The van der Waals surface area contributed by atoms with Crippen LogP contribution in [-0.4, -0.2) is 37.5 Å². The van der Waals surface area contributed by atoms with Gasteiger partial charge in [0.2, 0.25) is 5.91 Å². The Morgan fingerprint density at radius 1 is 1.50 bits per heavy atom. The molecule has 0 aromatic heterocycles. The van der Waals surface area contributed by atoms with Gasteiger partial charge >= 0.3 is 0 Å². The summed E-state index contributed by atoms with van der Waals surface area (Å²) in [7, 11) is 3.60. The fourth-order valence-corrected chi connectivity index (χ4v) is 1.69. The standard InChI is InChI=1S/C11H22N2O/c1-4-5-10(9-6-7-9)12-8-11(14)13(2)3/h9-10,12H,4-8H2,1-3H3. The maximum absolute atomic E-state index is 11.4. The number of hydrogen-bond acceptors (Lipinski definition) is 2. The van der Waals surface area contributed by atoms with Crippen molar-refractivity contribution >= 4 is 5.91 Å². The quantitative estimate of drug-likeness (QED) is 0.696. The van der Waals surface area contributed by atoms with E-state index in [1.54, 1.807) is 19.0 Å². The lowest BCUT2D eigenvalue weighted by Crippen LogP contribution is -2.39. The summed E-state index contributed by atoms with van der Waals surface area (Å²) >= 11 is 0. The Kier molecular flexibility index (Phi) is 4.39. The fourth-order valence-electron chi connectivity index (χ4n) is 1.69. The zero-order chi connectivity index (χ0) is 10.6. The normalized spacial score (nSPS) is 17.9. The molecule has 1 N–H and O–H groups in total. The van der Waals surface area contributed by atoms with Crippen molar-refractivity contribution in [2.45, 2.75) is 38.6 Å². The second kappa shape index (κ2) is 5.35. The minimum Gasteiger partial charge on any atom is -0.348 e. The number of carbonyl (C=O) groups excluding carboxylic acids is 1. The maximum atomic E-state index is 11.4. The molecule has 0 aromatic rings. The molecule has 3 heteroatoms. The highest BCUT2D eigenvalue weighted by atomic mass is 16.2. The molecule has 1 rings (SSSR count). The van der Waals surface area contributed by atoms with Gasteiger partial charge in [-0.2, -0.15) is 0 Å². The van der Waals surface area contributed by atoms with E-state index in [0.717, 1.165) is 5.92 Å². The first-order valence-corrected chi connectivity index (χ1v) is 5.58. The molecule has 0 aliphatic heterocycles. The van der Waals surface area contributed by atoms with Crippen LogP contribution in [-0.2, 0) is 4.79 Å². The van der Waals surface area contributed by atoms with Crippen molar-refractivity contribution in [3.05, 3.63) is 0 Å². The van der Waals surface area contributed by atoms with E-state index in [9.17, 15) is 4.79 Å². The van der Waals surface area contributed by atoms with E-state index in [1.165, 1.54) is 25.7 Å². The van der Waals surface area contributed by atoms with Crippen molar-refractivity contribution in [2.24, 2.45) is 5.92 Å². The van der Waals surface area contributed by atoms with Gasteiger partial charge in [0.1, 0.15) is 0 Å². The molecular formula is C11H22N2O. The molecule has 1 aliphatic carbocycles. The summed E-state index contributed by atoms with van der Waals surface area (Å²) in [4.78, 5) is 13.0. The second-order valence-electron chi connectivity index (χ2n) is 4.40. The first kappa shape index (κ1) is 11.5. The summed E-state index contributed by atoms with van der Waals surface area (Å²) in [5, 5.41) is 3.37. The van der Waals surface area contributed by atoms with Crippen LogP contribution in [0.3, 0.4) is 0 Å². The molecule has 0 spiro atoms. The van der Waals surface area contributed by atoms with Crippen LogP contribution in [0, 0.1) is 5.92 Å².